The van der Waals surface area contributed by atoms with Crippen LogP contribution >= 0.6 is 7.37 Å². The Labute approximate surface area is 181 Å². The van der Waals surface area contributed by atoms with Crippen molar-refractivity contribution >= 4 is 13.2 Å². The lowest BCUT2D eigenvalue weighted by molar-refractivity contribution is -0.121. The molecule has 0 saturated heterocycles. The van der Waals surface area contributed by atoms with Crippen LogP contribution < -0.4 is 4.74 Å². The Morgan fingerprint density at radius 1 is 1.26 bits per heavy atom. The van der Waals surface area contributed by atoms with E-state index in [1.807, 2.05) is 12.2 Å². The molecule has 0 aliphatic heterocycles. The quantitative estimate of drug-likeness (QED) is 0.250. The third-order valence-electron chi connectivity index (χ3n) is 5.45. The zero-order valence-corrected chi connectivity index (χ0v) is 18.5. The summed E-state index contributed by atoms with van der Waals surface area (Å²) in [6.45, 7) is 1.17. The summed E-state index contributed by atoms with van der Waals surface area (Å²) >= 11 is 0. The van der Waals surface area contributed by atoms with E-state index >= 15 is 0 Å². The molecular weight excluding hydrogens is 429 g/mol. The van der Waals surface area contributed by atoms with Gasteiger partial charge < -0.3 is 19.8 Å². The first-order chi connectivity index (χ1) is 14.5. The number of ether oxygens (including phenoxy) is 1. The fourth-order valence-electron chi connectivity index (χ4n) is 3.85. The van der Waals surface area contributed by atoms with Gasteiger partial charge in [0.1, 0.15) is 29.8 Å². The van der Waals surface area contributed by atoms with Crippen LogP contribution in [0.3, 0.4) is 0 Å². The summed E-state index contributed by atoms with van der Waals surface area (Å²) in [7, 11) is -3.00. The predicted molar refractivity (Wildman–Crippen MR) is 113 cm³/mol. The van der Waals surface area contributed by atoms with Gasteiger partial charge in [-0.3, -0.25) is 9.36 Å². The molecule has 0 radical (unpaired) electrons. The Bertz CT molecular complexity index is 789. The van der Waals surface area contributed by atoms with Crippen molar-refractivity contribution in [3.63, 3.8) is 0 Å². The standard InChI is InChI=1S/C22H31F2O6P/c1-31(28,29)9-5-3-2-4-6-19-20(22(27)13-21(19)26)8-7-17(25)14-30-18-11-15(23)10-16(24)12-18/h2,4,10-12,17,19-20,22,25,27H,3,5-9,13-14H2,1H3,(H,28,29)/b4-2-/t17-,19-,20-,22-/m1/s1. The minimum absolute atomic E-state index is 0.0171. The van der Waals surface area contributed by atoms with Gasteiger partial charge in [-0.25, -0.2) is 8.78 Å². The number of Topliss-reactive ketones (excluding diaryl/α,β-unsaturated/α-hetero) is 1. The highest BCUT2D eigenvalue weighted by Crippen LogP contribution is 2.37. The second-order valence-electron chi connectivity index (χ2n) is 8.28. The number of halogens is 2. The van der Waals surface area contributed by atoms with Crippen molar-refractivity contribution in [2.24, 2.45) is 11.8 Å². The molecule has 1 unspecified atom stereocenters. The number of aliphatic hydroxyl groups excluding tert-OH is 2. The van der Waals surface area contributed by atoms with Crippen molar-refractivity contribution in [1.29, 1.82) is 0 Å². The van der Waals surface area contributed by atoms with Gasteiger partial charge in [-0.05, 0) is 38.0 Å². The molecule has 174 valence electrons. The zero-order valence-electron chi connectivity index (χ0n) is 17.6. The van der Waals surface area contributed by atoms with E-state index in [-0.39, 0.29) is 49.0 Å². The molecule has 5 atom stereocenters. The van der Waals surface area contributed by atoms with Gasteiger partial charge in [0.05, 0.1) is 12.2 Å². The molecule has 0 amide bonds. The van der Waals surface area contributed by atoms with E-state index in [0.717, 1.165) is 18.2 Å². The topological polar surface area (TPSA) is 104 Å². The average molecular weight is 460 g/mol. The molecule has 1 aromatic rings. The highest BCUT2D eigenvalue weighted by Gasteiger charge is 2.40. The Kier molecular flexibility index (Phi) is 9.82. The molecule has 2 rings (SSSR count). The molecule has 9 heteroatoms. The molecule has 1 aliphatic rings. The monoisotopic (exact) mass is 460 g/mol. The van der Waals surface area contributed by atoms with E-state index in [4.69, 9.17) is 4.74 Å². The van der Waals surface area contributed by atoms with E-state index in [1.165, 1.54) is 6.66 Å². The molecule has 1 aromatic carbocycles. The van der Waals surface area contributed by atoms with Gasteiger partial charge in [0.2, 0.25) is 0 Å². The summed E-state index contributed by atoms with van der Waals surface area (Å²) in [5.74, 6) is -2.20. The number of rotatable bonds is 12. The molecular formula is C22H31F2O6P. The van der Waals surface area contributed by atoms with Crippen LogP contribution in [0.15, 0.2) is 30.4 Å². The van der Waals surface area contributed by atoms with Gasteiger partial charge in [0.25, 0.3) is 0 Å². The predicted octanol–water partition coefficient (Wildman–Crippen LogP) is 3.68. The van der Waals surface area contributed by atoms with Crippen LogP contribution in [0.2, 0.25) is 0 Å². The second kappa shape index (κ2) is 11.9. The lowest BCUT2D eigenvalue weighted by Crippen LogP contribution is -2.24. The summed E-state index contributed by atoms with van der Waals surface area (Å²) in [6, 6.07) is 2.78. The number of allylic oxidation sites excluding steroid dienone is 2. The normalized spacial score (nSPS) is 24.5. The Hall–Kier alpha value is -1.60. The number of carbonyl (C=O) groups excluding carboxylic acids is 1. The highest BCUT2D eigenvalue weighted by atomic mass is 31.2. The van der Waals surface area contributed by atoms with Crippen LogP contribution in [0.4, 0.5) is 8.78 Å². The van der Waals surface area contributed by atoms with Gasteiger partial charge in [-0.15, -0.1) is 0 Å². The molecule has 6 nitrogen and oxygen atoms in total. The van der Waals surface area contributed by atoms with E-state index in [1.54, 1.807) is 0 Å². The van der Waals surface area contributed by atoms with Gasteiger partial charge in [0, 0.05) is 43.4 Å². The summed E-state index contributed by atoms with van der Waals surface area (Å²) in [5.41, 5.74) is 0. The number of benzene rings is 1. The third kappa shape index (κ3) is 9.19. The van der Waals surface area contributed by atoms with Crippen molar-refractivity contribution in [3.8, 4) is 5.75 Å². The second-order valence-corrected chi connectivity index (χ2v) is 10.8. The Balaban J connectivity index is 1.78. The lowest BCUT2D eigenvalue weighted by Gasteiger charge is -2.21. The van der Waals surface area contributed by atoms with Gasteiger partial charge in [-0.2, -0.15) is 0 Å². The van der Waals surface area contributed by atoms with Crippen molar-refractivity contribution < 1.29 is 38.0 Å². The number of aliphatic hydroxyl groups is 2. The van der Waals surface area contributed by atoms with E-state index in [9.17, 15) is 33.2 Å². The first kappa shape index (κ1) is 25.7. The zero-order chi connectivity index (χ0) is 23.0. The molecule has 3 N–H and O–H groups in total. The fraction of sp³-hybridized carbons (Fsp3) is 0.591. The molecule has 1 fully saturated rings. The first-order valence-electron chi connectivity index (χ1n) is 10.5. The molecule has 1 saturated carbocycles. The van der Waals surface area contributed by atoms with Gasteiger partial charge in [0.15, 0.2) is 7.37 Å². The average Bonchev–Trinajstić information content (AvgIpc) is 2.92. The summed E-state index contributed by atoms with van der Waals surface area (Å²) < 4.78 is 42.9. The van der Waals surface area contributed by atoms with Crippen molar-refractivity contribution in [2.45, 2.75) is 50.7 Å². The summed E-state index contributed by atoms with van der Waals surface area (Å²) in [4.78, 5) is 21.5. The Morgan fingerprint density at radius 2 is 1.94 bits per heavy atom. The lowest BCUT2D eigenvalue weighted by atomic mass is 9.86. The molecule has 0 heterocycles. The molecule has 0 bridgehead atoms. The minimum atomic E-state index is -3.00. The number of hydrogen-bond acceptors (Lipinski definition) is 5. The first-order valence-corrected chi connectivity index (χ1v) is 12.8. The van der Waals surface area contributed by atoms with E-state index in [2.05, 4.69) is 0 Å². The van der Waals surface area contributed by atoms with Crippen molar-refractivity contribution in [2.75, 3.05) is 19.4 Å². The molecule has 31 heavy (non-hydrogen) atoms. The number of unbranched alkanes of at least 4 members (excludes halogenated alkanes) is 1. The van der Waals surface area contributed by atoms with Crippen LogP contribution in [0.25, 0.3) is 0 Å². The van der Waals surface area contributed by atoms with E-state index in [0.29, 0.717) is 25.7 Å². The van der Waals surface area contributed by atoms with Crippen LogP contribution in [0, 0.1) is 23.5 Å². The van der Waals surface area contributed by atoms with Crippen LogP contribution in [-0.2, 0) is 9.36 Å². The maximum atomic E-state index is 13.2. The highest BCUT2D eigenvalue weighted by molar-refractivity contribution is 7.57. The third-order valence-corrected chi connectivity index (χ3v) is 6.59. The molecule has 0 aromatic heterocycles. The SMILES string of the molecule is CP(=O)(O)CCC/C=C\C[C@H]1C(=O)C[C@@H](O)[C@@H]1CC[C@@H](O)COc1cc(F)cc(F)c1. The largest absolute Gasteiger partial charge is 0.491 e. The van der Waals surface area contributed by atoms with Gasteiger partial charge >= 0.3 is 0 Å². The van der Waals surface area contributed by atoms with Crippen molar-refractivity contribution in [3.05, 3.63) is 42.0 Å². The number of ketones is 1. The van der Waals surface area contributed by atoms with Crippen LogP contribution in [-0.4, -0.2) is 52.5 Å². The smallest absolute Gasteiger partial charge is 0.197 e. The Morgan fingerprint density at radius 3 is 2.58 bits per heavy atom. The fourth-order valence-corrected chi connectivity index (χ4v) is 4.62. The maximum Gasteiger partial charge on any atom is 0.197 e. The molecule has 1 aliphatic carbocycles. The molecule has 0 spiro atoms. The van der Waals surface area contributed by atoms with Crippen molar-refractivity contribution in [1.82, 2.24) is 0 Å². The van der Waals surface area contributed by atoms with Crippen LogP contribution in [0.1, 0.15) is 38.5 Å². The summed E-state index contributed by atoms with van der Waals surface area (Å²) in [5, 5.41) is 20.4. The van der Waals surface area contributed by atoms with Crippen LogP contribution in [0.5, 0.6) is 5.75 Å². The minimum Gasteiger partial charge on any atom is -0.491 e. The number of hydrogen-bond donors (Lipinski definition) is 3. The summed E-state index contributed by atoms with van der Waals surface area (Å²) in [6.07, 6.45) is 4.80. The van der Waals surface area contributed by atoms with Gasteiger partial charge in [-0.1, -0.05) is 12.2 Å². The maximum absolute atomic E-state index is 13.2. The number of carbonyl (C=O) groups is 1. The van der Waals surface area contributed by atoms with E-state index < -0.39 is 31.2 Å².